The molecule has 4 nitrogen and oxygen atoms in total. The van der Waals surface area contributed by atoms with Gasteiger partial charge in [0.1, 0.15) is 0 Å². The number of thiazole rings is 1. The molecular weight excluding hydrogens is 258 g/mol. The van der Waals surface area contributed by atoms with Crippen molar-refractivity contribution >= 4 is 11.3 Å². The highest BCUT2D eigenvalue weighted by Crippen LogP contribution is 2.23. The molecule has 0 saturated carbocycles. The van der Waals surface area contributed by atoms with Crippen LogP contribution in [-0.4, -0.2) is 59.2 Å². The van der Waals surface area contributed by atoms with Crippen LogP contribution in [0.2, 0.25) is 0 Å². The van der Waals surface area contributed by atoms with E-state index in [9.17, 15) is 5.11 Å². The zero-order valence-corrected chi connectivity index (χ0v) is 13.0. The molecule has 1 N–H and O–H groups in total. The van der Waals surface area contributed by atoms with Crippen molar-refractivity contribution in [2.75, 3.05) is 33.3 Å². The number of likely N-dealkylation sites (tertiary alicyclic amines) is 1. The second-order valence-electron chi connectivity index (χ2n) is 5.47. The first kappa shape index (κ1) is 14.9. The maximum absolute atomic E-state index is 9.31. The number of rotatable bonds is 5. The molecule has 108 valence electrons. The Labute approximate surface area is 120 Å². The first-order valence-corrected chi connectivity index (χ1v) is 7.88. The first-order valence-electron chi connectivity index (χ1n) is 7.06. The van der Waals surface area contributed by atoms with Crippen LogP contribution in [0.5, 0.6) is 0 Å². The van der Waals surface area contributed by atoms with Crippen LogP contribution >= 0.6 is 11.3 Å². The average Bonchev–Trinajstić information content (AvgIpc) is 2.68. The van der Waals surface area contributed by atoms with Crippen LogP contribution in [0.3, 0.4) is 0 Å². The van der Waals surface area contributed by atoms with Crippen LogP contribution in [-0.2, 0) is 6.54 Å². The molecule has 1 aliphatic rings. The summed E-state index contributed by atoms with van der Waals surface area (Å²) in [5.74, 6) is 0. The smallest absolute Gasteiger partial charge is 0.0900 e. The summed E-state index contributed by atoms with van der Waals surface area (Å²) in [5, 5.41) is 10.4. The molecule has 0 spiro atoms. The fourth-order valence-electron chi connectivity index (χ4n) is 2.78. The van der Waals surface area contributed by atoms with Gasteiger partial charge in [0.15, 0.2) is 0 Å². The third-order valence-electron chi connectivity index (χ3n) is 3.94. The van der Waals surface area contributed by atoms with Gasteiger partial charge in [-0.2, -0.15) is 0 Å². The van der Waals surface area contributed by atoms with Gasteiger partial charge in [-0.15, -0.1) is 11.3 Å². The second kappa shape index (κ2) is 6.79. The fourth-order valence-corrected chi connectivity index (χ4v) is 3.75. The topological polar surface area (TPSA) is 39.6 Å². The standard InChI is InChI=1S/C14H25N3OS/c1-11-14(19-12(2)15-11)10-17(8-9-18)13-4-6-16(3)7-5-13/h13,18H,4-10H2,1-3H3. The zero-order valence-electron chi connectivity index (χ0n) is 12.2. The normalized spacial score (nSPS) is 18.4. The number of aromatic nitrogens is 1. The van der Waals surface area contributed by atoms with Crippen molar-refractivity contribution in [3.63, 3.8) is 0 Å². The number of aryl methyl sites for hydroxylation is 2. The molecule has 1 aromatic rings. The van der Waals surface area contributed by atoms with E-state index in [0.29, 0.717) is 6.04 Å². The summed E-state index contributed by atoms with van der Waals surface area (Å²) in [5.41, 5.74) is 1.15. The molecule has 1 aromatic heterocycles. The quantitative estimate of drug-likeness (QED) is 0.892. The molecule has 0 aliphatic carbocycles. The number of aliphatic hydroxyl groups excluding tert-OH is 1. The molecule has 0 unspecified atom stereocenters. The van der Waals surface area contributed by atoms with Crippen LogP contribution in [0.1, 0.15) is 28.4 Å². The van der Waals surface area contributed by atoms with E-state index < -0.39 is 0 Å². The van der Waals surface area contributed by atoms with Gasteiger partial charge >= 0.3 is 0 Å². The zero-order chi connectivity index (χ0) is 13.8. The van der Waals surface area contributed by atoms with E-state index in [-0.39, 0.29) is 6.61 Å². The fraction of sp³-hybridized carbons (Fsp3) is 0.786. The number of hydrogen-bond donors (Lipinski definition) is 1. The minimum Gasteiger partial charge on any atom is -0.395 e. The molecular formula is C14H25N3OS. The third-order valence-corrected chi connectivity index (χ3v) is 5.00. The van der Waals surface area contributed by atoms with E-state index in [1.54, 1.807) is 11.3 Å². The summed E-state index contributed by atoms with van der Waals surface area (Å²) < 4.78 is 0. The van der Waals surface area contributed by atoms with Gasteiger partial charge in [-0.25, -0.2) is 4.98 Å². The van der Waals surface area contributed by atoms with E-state index in [4.69, 9.17) is 0 Å². The number of piperidine rings is 1. The monoisotopic (exact) mass is 283 g/mol. The van der Waals surface area contributed by atoms with Crippen LogP contribution < -0.4 is 0 Å². The molecule has 0 radical (unpaired) electrons. The summed E-state index contributed by atoms with van der Waals surface area (Å²) in [7, 11) is 2.18. The number of nitrogens with zero attached hydrogens (tertiary/aromatic N) is 3. The van der Waals surface area contributed by atoms with E-state index >= 15 is 0 Å². The largest absolute Gasteiger partial charge is 0.395 e. The van der Waals surface area contributed by atoms with E-state index in [1.165, 1.54) is 17.7 Å². The van der Waals surface area contributed by atoms with Crippen molar-refractivity contribution in [1.82, 2.24) is 14.8 Å². The molecule has 1 fully saturated rings. The Hall–Kier alpha value is -0.490. The molecule has 0 atom stereocenters. The predicted octanol–water partition coefficient (Wildman–Crippen LogP) is 1.65. The molecule has 0 aromatic carbocycles. The van der Waals surface area contributed by atoms with Crippen molar-refractivity contribution in [1.29, 1.82) is 0 Å². The Balaban J connectivity index is 2.01. The molecule has 2 rings (SSSR count). The van der Waals surface area contributed by atoms with Crippen molar-refractivity contribution < 1.29 is 5.11 Å². The molecule has 19 heavy (non-hydrogen) atoms. The maximum Gasteiger partial charge on any atom is 0.0900 e. The predicted molar refractivity (Wildman–Crippen MR) is 79.6 cm³/mol. The average molecular weight is 283 g/mol. The van der Waals surface area contributed by atoms with Crippen molar-refractivity contribution in [2.45, 2.75) is 39.3 Å². The molecule has 0 amide bonds. The lowest BCUT2D eigenvalue weighted by atomic mass is 10.0. The SMILES string of the molecule is Cc1nc(C)c(CN(CCO)C2CCN(C)CC2)s1. The van der Waals surface area contributed by atoms with Crippen LogP contribution in [0.4, 0.5) is 0 Å². The highest BCUT2D eigenvalue weighted by atomic mass is 32.1. The lowest BCUT2D eigenvalue weighted by Crippen LogP contribution is -2.44. The summed E-state index contributed by atoms with van der Waals surface area (Å²) in [6.07, 6.45) is 2.40. The van der Waals surface area contributed by atoms with Crippen molar-refractivity contribution in [3.8, 4) is 0 Å². The van der Waals surface area contributed by atoms with Crippen LogP contribution in [0.25, 0.3) is 0 Å². The second-order valence-corrected chi connectivity index (χ2v) is 6.76. The molecule has 0 bridgehead atoms. The first-order chi connectivity index (χ1) is 9.10. The van der Waals surface area contributed by atoms with Gasteiger partial charge in [0.25, 0.3) is 0 Å². The number of hydrogen-bond acceptors (Lipinski definition) is 5. The van der Waals surface area contributed by atoms with Gasteiger partial charge in [-0.3, -0.25) is 4.90 Å². The lowest BCUT2D eigenvalue weighted by molar-refractivity contribution is 0.0947. The Bertz CT molecular complexity index is 399. The van der Waals surface area contributed by atoms with Gasteiger partial charge in [-0.05, 0) is 46.8 Å². The Morgan fingerprint density at radius 2 is 2.05 bits per heavy atom. The highest BCUT2D eigenvalue weighted by molar-refractivity contribution is 7.11. The van der Waals surface area contributed by atoms with E-state index in [0.717, 1.165) is 36.9 Å². The van der Waals surface area contributed by atoms with Gasteiger partial charge < -0.3 is 10.0 Å². The Morgan fingerprint density at radius 3 is 2.58 bits per heavy atom. The maximum atomic E-state index is 9.31. The summed E-state index contributed by atoms with van der Waals surface area (Å²) in [6.45, 7) is 8.42. The summed E-state index contributed by atoms with van der Waals surface area (Å²) >= 11 is 1.79. The summed E-state index contributed by atoms with van der Waals surface area (Å²) in [6, 6.07) is 0.602. The molecule has 1 aliphatic heterocycles. The third kappa shape index (κ3) is 3.99. The minimum absolute atomic E-state index is 0.239. The van der Waals surface area contributed by atoms with Crippen LogP contribution in [0.15, 0.2) is 0 Å². The lowest BCUT2D eigenvalue weighted by Gasteiger charge is -2.36. The van der Waals surface area contributed by atoms with E-state index in [1.807, 2.05) is 0 Å². The molecule has 2 heterocycles. The molecule has 1 saturated heterocycles. The van der Waals surface area contributed by atoms with Gasteiger partial charge in [0.05, 0.1) is 17.3 Å². The number of aliphatic hydroxyl groups is 1. The van der Waals surface area contributed by atoms with Gasteiger partial charge in [0.2, 0.25) is 0 Å². The van der Waals surface area contributed by atoms with Crippen LogP contribution in [0, 0.1) is 13.8 Å². The van der Waals surface area contributed by atoms with Crippen molar-refractivity contribution in [3.05, 3.63) is 15.6 Å². The highest BCUT2D eigenvalue weighted by Gasteiger charge is 2.23. The molecule has 5 heteroatoms. The summed E-state index contributed by atoms with van der Waals surface area (Å²) in [4.78, 5) is 10.7. The van der Waals surface area contributed by atoms with Gasteiger partial charge in [-0.1, -0.05) is 0 Å². The van der Waals surface area contributed by atoms with Crippen molar-refractivity contribution in [2.24, 2.45) is 0 Å². The minimum atomic E-state index is 0.239. The Kier molecular flexibility index (Phi) is 5.33. The Morgan fingerprint density at radius 1 is 1.37 bits per heavy atom. The van der Waals surface area contributed by atoms with Gasteiger partial charge in [0, 0.05) is 24.0 Å². The van der Waals surface area contributed by atoms with E-state index in [2.05, 4.69) is 35.7 Å².